The Morgan fingerprint density at radius 1 is 0.771 bits per heavy atom. The number of hydrogen-bond donors (Lipinski definition) is 3. The molecular formula is C27H22F3NO4. The van der Waals surface area contributed by atoms with Gasteiger partial charge in [0, 0.05) is 0 Å². The molecule has 0 saturated heterocycles. The molecule has 0 amide bonds. The van der Waals surface area contributed by atoms with E-state index in [1.54, 1.807) is 6.07 Å². The lowest BCUT2D eigenvalue weighted by Gasteiger charge is -2.13. The van der Waals surface area contributed by atoms with Crippen molar-refractivity contribution in [3.8, 4) is 11.5 Å². The SMILES string of the molecule is Nc1cc(C(F)(F)F)ccc1Oc1ccccc1C(=O)O.OC(c1ccccc1)c1ccccc1. The maximum absolute atomic E-state index is 12.5. The first-order chi connectivity index (χ1) is 16.7. The first kappa shape index (κ1) is 25.3. The van der Waals surface area contributed by atoms with Gasteiger partial charge >= 0.3 is 12.1 Å². The number of carbonyl (C=O) groups is 1. The number of rotatable bonds is 5. The van der Waals surface area contributed by atoms with Crippen LogP contribution in [0.15, 0.2) is 103 Å². The van der Waals surface area contributed by atoms with Crippen molar-refractivity contribution >= 4 is 11.7 Å². The van der Waals surface area contributed by atoms with E-state index in [-0.39, 0.29) is 22.7 Å². The minimum Gasteiger partial charge on any atom is -0.478 e. The molecule has 4 rings (SSSR count). The number of alkyl halides is 3. The Morgan fingerprint density at radius 2 is 1.29 bits per heavy atom. The fourth-order valence-electron chi connectivity index (χ4n) is 3.13. The molecule has 0 unspecified atom stereocenters. The van der Waals surface area contributed by atoms with Crippen LogP contribution < -0.4 is 10.5 Å². The van der Waals surface area contributed by atoms with Crippen LogP contribution >= 0.6 is 0 Å². The molecule has 8 heteroatoms. The van der Waals surface area contributed by atoms with Crippen LogP contribution in [-0.2, 0) is 6.18 Å². The highest BCUT2D eigenvalue weighted by molar-refractivity contribution is 5.91. The summed E-state index contributed by atoms with van der Waals surface area (Å²) in [7, 11) is 0. The molecule has 0 aliphatic carbocycles. The Kier molecular flexibility index (Phi) is 8.12. The Morgan fingerprint density at radius 3 is 1.77 bits per heavy atom. The first-order valence-electron chi connectivity index (χ1n) is 10.4. The second-order valence-corrected chi connectivity index (χ2v) is 7.38. The van der Waals surface area contributed by atoms with Crippen molar-refractivity contribution in [2.24, 2.45) is 0 Å². The van der Waals surface area contributed by atoms with Gasteiger partial charge in [-0.2, -0.15) is 13.2 Å². The zero-order chi connectivity index (χ0) is 25.4. The van der Waals surface area contributed by atoms with Crippen molar-refractivity contribution in [2.45, 2.75) is 12.3 Å². The lowest BCUT2D eigenvalue weighted by Crippen LogP contribution is -2.06. The molecule has 0 atom stereocenters. The van der Waals surface area contributed by atoms with E-state index in [1.807, 2.05) is 60.7 Å². The molecule has 0 bridgehead atoms. The van der Waals surface area contributed by atoms with Gasteiger partial charge in [0.25, 0.3) is 0 Å². The molecule has 0 aliphatic rings. The molecule has 0 aliphatic heterocycles. The topological polar surface area (TPSA) is 92.8 Å². The number of anilines is 1. The molecule has 0 radical (unpaired) electrons. The van der Waals surface area contributed by atoms with E-state index in [2.05, 4.69) is 0 Å². The van der Waals surface area contributed by atoms with E-state index in [9.17, 15) is 23.1 Å². The minimum absolute atomic E-state index is 0.00328. The second-order valence-electron chi connectivity index (χ2n) is 7.38. The molecule has 0 aromatic heterocycles. The smallest absolute Gasteiger partial charge is 0.416 e. The summed E-state index contributed by atoms with van der Waals surface area (Å²) in [5, 5.41) is 19.0. The number of ether oxygens (including phenoxy) is 1. The standard InChI is InChI=1S/C14H10F3NO3.C13H12O/c15-14(16,17)8-5-6-12(10(18)7-8)21-11-4-2-1-3-9(11)13(19)20;14-13(11-7-3-1-4-8-11)12-9-5-2-6-10-12/h1-7H,18H2,(H,19,20);1-10,13-14H. The summed E-state index contributed by atoms with van der Waals surface area (Å²) in [6.07, 6.45) is -5.02. The zero-order valence-electron chi connectivity index (χ0n) is 18.3. The van der Waals surface area contributed by atoms with Crippen LogP contribution in [0.1, 0.15) is 33.2 Å². The van der Waals surface area contributed by atoms with Crippen molar-refractivity contribution in [1.29, 1.82) is 0 Å². The summed E-state index contributed by atoms with van der Waals surface area (Å²) in [4.78, 5) is 11.0. The van der Waals surface area contributed by atoms with E-state index < -0.39 is 23.8 Å². The van der Waals surface area contributed by atoms with Crippen molar-refractivity contribution < 1.29 is 32.9 Å². The van der Waals surface area contributed by atoms with Crippen LogP contribution in [0.25, 0.3) is 0 Å². The number of nitrogen functional groups attached to an aromatic ring is 1. The number of hydrogen-bond acceptors (Lipinski definition) is 4. The minimum atomic E-state index is -4.51. The Hall–Kier alpha value is -4.30. The number of halogens is 3. The number of nitrogens with two attached hydrogens (primary N) is 1. The lowest BCUT2D eigenvalue weighted by atomic mass is 10.0. The van der Waals surface area contributed by atoms with Gasteiger partial charge in [-0.15, -0.1) is 0 Å². The normalized spacial score (nSPS) is 10.9. The molecule has 0 saturated carbocycles. The van der Waals surface area contributed by atoms with Gasteiger partial charge in [0.05, 0.1) is 11.3 Å². The summed E-state index contributed by atoms with van der Waals surface area (Å²) in [6, 6.07) is 27.7. The van der Waals surface area contributed by atoms with Crippen molar-refractivity contribution in [3.05, 3.63) is 125 Å². The van der Waals surface area contributed by atoms with Crippen LogP contribution in [0.4, 0.5) is 18.9 Å². The van der Waals surface area contributed by atoms with Crippen molar-refractivity contribution in [2.75, 3.05) is 5.73 Å². The van der Waals surface area contributed by atoms with Gasteiger partial charge in [-0.25, -0.2) is 4.79 Å². The average molecular weight is 481 g/mol. The summed E-state index contributed by atoms with van der Waals surface area (Å²) in [6.45, 7) is 0. The number of carboxylic acid groups (broad SMARTS) is 1. The van der Waals surface area contributed by atoms with Crippen LogP contribution in [0, 0.1) is 0 Å². The van der Waals surface area contributed by atoms with Gasteiger partial charge in [0.1, 0.15) is 23.2 Å². The molecule has 0 fully saturated rings. The quantitative estimate of drug-likeness (QED) is 0.281. The van der Waals surface area contributed by atoms with Gasteiger partial charge in [0.2, 0.25) is 0 Å². The largest absolute Gasteiger partial charge is 0.478 e. The van der Waals surface area contributed by atoms with Crippen molar-refractivity contribution in [1.82, 2.24) is 0 Å². The molecule has 180 valence electrons. The molecule has 4 aromatic rings. The Balaban J connectivity index is 0.000000211. The van der Waals surface area contributed by atoms with Crippen LogP contribution in [0.3, 0.4) is 0 Å². The average Bonchev–Trinajstić information content (AvgIpc) is 2.86. The summed E-state index contributed by atoms with van der Waals surface area (Å²) >= 11 is 0. The molecule has 4 aromatic carbocycles. The molecule has 4 N–H and O–H groups in total. The van der Waals surface area contributed by atoms with Gasteiger partial charge in [0.15, 0.2) is 0 Å². The van der Waals surface area contributed by atoms with Crippen LogP contribution in [0.2, 0.25) is 0 Å². The molecule has 0 spiro atoms. The summed E-state index contributed by atoms with van der Waals surface area (Å²) in [5.41, 5.74) is 6.13. The van der Waals surface area contributed by atoms with E-state index in [0.717, 1.165) is 29.3 Å². The van der Waals surface area contributed by atoms with Crippen molar-refractivity contribution in [3.63, 3.8) is 0 Å². The van der Waals surface area contributed by atoms with Gasteiger partial charge in [-0.1, -0.05) is 72.8 Å². The van der Waals surface area contributed by atoms with E-state index in [4.69, 9.17) is 15.6 Å². The highest BCUT2D eigenvalue weighted by Gasteiger charge is 2.31. The number of benzene rings is 4. The fraction of sp³-hybridized carbons (Fsp3) is 0.0741. The molecular weight excluding hydrogens is 459 g/mol. The van der Waals surface area contributed by atoms with Gasteiger partial charge in [-0.05, 0) is 41.5 Å². The second kappa shape index (κ2) is 11.2. The maximum atomic E-state index is 12.5. The maximum Gasteiger partial charge on any atom is 0.416 e. The van der Waals surface area contributed by atoms with E-state index >= 15 is 0 Å². The highest BCUT2D eigenvalue weighted by Crippen LogP contribution is 2.36. The third-order valence-electron chi connectivity index (χ3n) is 4.91. The fourth-order valence-corrected chi connectivity index (χ4v) is 3.13. The predicted molar refractivity (Wildman–Crippen MR) is 126 cm³/mol. The van der Waals surface area contributed by atoms with Gasteiger partial charge in [-0.3, -0.25) is 0 Å². The number of aliphatic hydroxyl groups is 1. The first-order valence-corrected chi connectivity index (χ1v) is 10.4. The highest BCUT2D eigenvalue weighted by atomic mass is 19.4. The number of carboxylic acids is 1. The number of para-hydroxylation sites is 1. The summed E-state index contributed by atoms with van der Waals surface area (Å²) < 4.78 is 42.9. The van der Waals surface area contributed by atoms with Crippen LogP contribution in [0.5, 0.6) is 11.5 Å². The molecule has 0 heterocycles. The third kappa shape index (κ3) is 6.84. The zero-order valence-corrected chi connectivity index (χ0v) is 18.3. The number of aliphatic hydroxyl groups excluding tert-OH is 1. The van der Waals surface area contributed by atoms with E-state index in [1.165, 1.54) is 18.2 Å². The van der Waals surface area contributed by atoms with E-state index in [0.29, 0.717) is 0 Å². The third-order valence-corrected chi connectivity index (χ3v) is 4.91. The molecule has 5 nitrogen and oxygen atoms in total. The monoisotopic (exact) mass is 481 g/mol. The van der Waals surface area contributed by atoms with Gasteiger partial charge < -0.3 is 20.7 Å². The summed E-state index contributed by atoms with van der Waals surface area (Å²) in [5.74, 6) is -1.26. The number of aromatic carboxylic acids is 1. The predicted octanol–water partition coefficient (Wildman–Crippen LogP) is 6.55. The molecule has 35 heavy (non-hydrogen) atoms. The lowest BCUT2D eigenvalue weighted by molar-refractivity contribution is -0.137. The van der Waals surface area contributed by atoms with Crippen LogP contribution in [-0.4, -0.2) is 16.2 Å². The Bertz CT molecular complexity index is 1220. The Labute approximate surface area is 199 Å².